The topological polar surface area (TPSA) is 30.9 Å². The zero-order valence-electron chi connectivity index (χ0n) is 7.72. The molecule has 0 saturated carbocycles. The lowest BCUT2D eigenvalue weighted by Crippen LogP contribution is -1.94. The molecule has 0 amide bonds. The average Bonchev–Trinajstić information content (AvgIpc) is 2.42. The van der Waals surface area contributed by atoms with E-state index in [9.17, 15) is 4.39 Å². The van der Waals surface area contributed by atoms with Gasteiger partial charge in [0.05, 0.1) is 5.52 Å². The summed E-state index contributed by atoms with van der Waals surface area (Å²) in [7, 11) is 1.82. The van der Waals surface area contributed by atoms with Crippen LogP contribution in [0, 0.1) is 5.82 Å². The minimum Gasteiger partial charge on any atom is -0.348 e. The second-order valence-corrected chi connectivity index (χ2v) is 4.17. The maximum Gasteiger partial charge on any atom is 0.148 e. The third-order valence-corrected chi connectivity index (χ3v) is 2.75. The fourth-order valence-corrected chi connectivity index (χ4v) is 2.13. The molecule has 1 aromatic heterocycles. The van der Waals surface area contributed by atoms with Crippen molar-refractivity contribution in [1.29, 1.82) is 0 Å². The van der Waals surface area contributed by atoms with Gasteiger partial charge in [0.2, 0.25) is 0 Å². The summed E-state index contributed by atoms with van der Waals surface area (Å²) in [5.74, 6) is -0.225. The molecule has 74 valence electrons. The van der Waals surface area contributed by atoms with E-state index in [2.05, 4.69) is 15.9 Å². The largest absolute Gasteiger partial charge is 0.348 e. The van der Waals surface area contributed by atoms with Crippen LogP contribution in [0.3, 0.4) is 0 Å². The third-order valence-electron chi connectivity index (χ3n) is 2.30. The Morgan fingerprint density at radius 1 is 1.50 bits per heavy atom. The first-order valence-corrected chi connectivity index (χ1v) is 5.06. The number of aryl methyl sites for hydroxylation is 1. The van der Waals surface area contributed by atoms with Crippen molar-refractivity contribution in [3.8, 4) is 0 Å². The second kappa shape index (κ2) is 3.37. The van der Waals surface area contributed by atoms with Crippen LogP contribution in [0.25, 0.3) is 10.9 Å². The highest BCUT2D eigenvalue weighted by molar-refractivity contribution is 9.10. The van der Waals surface area contributed by atoms with Crippen LogP contribution < -0.4 is 5.73 Å². The summed E-state index contributed by atoms with van der Waals surface area (Å²) < 4.78 is 16.1. The first-order chi connectivity index (χ1) is 6.63. The first-order valence-electron chi connectivity index (χ1n) is 4.26. The van der Waals surface area contributed by atoms with Gasteiger partial charge in [-0.2, -0.15) is 0 Å². The average molecular weight is 257 g/mol. The Kier molecular flexibility index (Phi) is 2.33. The van der Waals surface area contributed by atoms with Gasteiger partial charge in [-0.1, -0.05) is 15.9 Å². The number of rotatable bonds is 1. The normalized spacial score (nSPS) is 11.1. The smallest absolute Gasteiger partial charge is 0.148 e. The highest BCUT2D eigenvalue weighted by atomic mass is 79.9. The van der Waals surface area contributed by atoms with E-state index >= 15 is 0 Å². The van der Waals surface area contributed by atoms with Crippen LogP contribution in [0.2, 0.25) is 0 Å². The van der Waals surface area contributed by atoms with Crippen molar-refractivity contribution in [3.05, 3.63) is 34.2 Å². The van der Waals surface area contributed by atoms with Gasteiger partial charge in [-0.25, -0.2) is 4.39 Å². The molecule has 0 aliphatic rings. The van der Waals surface area contributed by atoms with E-state index in [1.54, 1.807) is 4.57 Å². The van der Waals surface area contributed by atoms with Gasteiger partial charge in [-0.05, 0) is 17.7 Å². The Morgan fingerprint density at radius 2 is 2.21 bits per heavy atom. The molecule has 2 nitrogen and oxygen atoms in total. The Labute approximate surface area is 89.6 Å². The molecule has 0 atom stereocenters. The van der Waals surface area contributed by atoms with Crippen LogP contribution in [0.1, 0.15) is 5.56 Å². The number of hydrogen-bond donors (Lipinski definition) is 1. The van der Waals surface area contributed by atoms with Crippen LogP contribution in [-0.4, -0.2) is 4.57 Å². The van der Waals surface area contributed by atoms with Gasteiger partial charge in [0.15, 0.2) is 0 Å². The Balaban J connectivity index is 2.89. The number of benzene rings is 1. The van der Waals surface area contributed by atoms with E-state index in [0.29, 0.717) is 12.1 Å². The summed E-state index contributed by atoms with van der Waals surface area (Å²) >= 11 is 3.27. The first kappa shape index (κ1) is 9.68. The molecular weight excluding hydrogens is 247 g/mol. The maximum atomic E-state index is 13.6. The molecule has 14 heavy (non-hydrogen) atoms. The highest BCUT2D eigenvalue weighted by Gasteiger charge is 2.10. The summed E-state index contributed by atoms with van der Waals surface area (Å²) in [4.78, 5) is 0. The van der Waals surface area contributed by atoms with Crippen molar-refractivity contribution < 1.29 is 4.39 Å². The standard InChI is InChI=1S/C10H10BrFN2/c1-14-5-6(4-13)8-2-7(11)3-9(12)10(8)14/h2-3,5H,4,13H2,1H3. The summed E-state index contributed by atoms with van der Waals surface area (Å²) in [6, 6.07) is 3.35. The van der Waals surface area contributed by atoms with Gasteiger partial charge >= 0.3 is 0 Å². The van der Waals surface area contributed by atoms with Crippen LogP contribution in [0.15, 0.2) is 22.8 Å². The molecule has 1 aromatic carbocycles. The molecular formula is C10H10BrFN2. The van der Waals surface area contributed by atoms with Gasteiger partial charge in [0.25, 0.3) is 0 Å². The summed E-state index contributed by atoms with van der Waals surface area (Å²) in [6.07, 6.45) is 1.86. The zero-order valence-corrected chi connectivity index (χ0v) is 9.31. The van der Waals surface area contributed by atoms with Crippen molar-refractivity contribution in [2.24, 2.45) is 12.8 Å². The molecule has 0 bridgehead atoms. The molecule has 0 fully saturated rings. The van der Waals surface area contributed by atoms with Crippen molar-refractivity contribution in [2.45, 2.75) is 6.54 Å². The molecule has 2 rings (SSSR count). The molecule has 4 heteroatoms. The van der Waals surface area contributed by atoms with Crippen LogP contribution in [-0.2, 0) is 13.6 Å². The van der Waals surface area contributed by atoms with Crippen molar-refractivity contribution in [1.82, 2.24) is 4.57 Å². The van der Waals surface area contributed by atoms with Crippen LogP contribution in [0.5, 0.6) is 0 Å². The zero-order chi connectivity index (χ0) is 10.3. The number of hydrogen-bond acceptors (Lipinski definition) is 1. The third kappa shape index (κ3) is 1.35. The van der Waals surface area contributed by atoms with Crippen LogP contribution >= 0.6 is 15.9 Å². The molecule has 0 saturated heterocycles. The lowest BCUT2D eigenvalue weighted by Gasteiger charge is -1.99. The molecule has 0 unspecified atom stereocenters. The van der Waals surface area contributed by atoms with Crippen molar-refractivity contribution in [2.75, 3.05) is 0 Å². The lowest BCUT2D eigenvalue weighted by molar-refractivity contribution is 0.631. The highest BCUT2D eigenvalue weighted by Crippen LogP contribution is 2.26. The molecule has 2 N–H and O–H groups in total. The van der Waals surface area contributed by atoms with E-state index < -0.39 is 0 Å². The quantitative estimate of drug-likeness (QED) is 0.836. The van der Waals surface area contributed by atoms with E-state index in [1.807, 2.05) is 19.3 Å². The number of halogens is 2. The molecule has 0 radical (unpaired) electrons. The summed E-state index contributed by atoms with van der Waals surface area (Å²) in [5.41, 5.74) is 7.14. The lowest BCUT2D eigenvalue weighted by atomic mass is 10.2. The number of aromatic nitrogens is 1. The molecule has 0 aliphatic heterocycles. The van der Waals surface area contributed by atoms with E-state index in [0.717, 1.165) is 15.4 Å². The van der Waals surface area contributed by atoms with E-state index in [1.165, 1.54) is 6.07 Å². The van der Waals surface area contributed by atoms with Crippen molar-refractivity contribution >= 4 is 26.8 Å². The SMILES string of the molecule is Cn1cc(CN)c2cc(Br)cc(F)c21. The Hall–Kier alpha value is -0.870. The van der Waals surface area contributed by atoms with Gasteiger partial charge in [-0.3, -0.25) is 0 Å². The molecule has 0 spiro atoms. The number of fused-ring (bicyclic) bond motifs is 1. The fourth-order valence-electron chi connectivity index (χ4n) is 1.70. The van der Waals surface area contributed by atoms with Gasteiger partial charge in [0.1, 0.15) is 5.82 Å². The van der Waals surface area contributed by atoms with E-state index in [4.69, 9.17) is 5.73 Å². The minimum absolute atomic E-state index is 0.225. The Morgan fingerprint density at radius 3 is 2.86 bits per heavy atom. The molecule has 1 heterocycles. The fraction of sp³-hybridized carbons (Fsp3) is 0.200. The predicted molar refractivity (Wildman–Crippen MR) is 58.5 cm³/mol. The van der Waals surface area contributed by atoms with E-state index in [-0.39, 0.29) is 5.82 Å². The van der Waals surface area contributed by atoms with Crippen LogP contribution in [0.4, 0.5) is 4.39 Å². The second-order valence-electron chi connectivity index (χ2n) is 3.25. The number of nitrogens with zero attached hydrogens (tertiary/aromatic N) is 1. The maximum absolute atomic E-state index is 13.6. The Bertz CT molecular complexity index is 490. The van der Waals surface area contributed by atoms with Crippen molar-refractivity contribution in [3.63, 3.8) is 0 Å². The summed E-state index contributed by atoms with van der Waals surface area (Å²) in [5, 5.41) is 0.877. The molecule has 2 aromatic rings. The minimum atomic E-state index is -0.225. The van der Waals surface area contributed by atoms with Gasteiger partial charge < -0.3 is 10.3 Å². The predicted octanol–water partition coefficient (Wildman–Crippen LogP) is 2.54. The summed E-state index contributed by atoms with van der Waals surface area (Å²) in [6.45, 7) is 0.424. The monoisotopic (exact) mass is 256 g/mol. The van der Waals surface area contributed by atoms with Gasteiger partial charge in [-0.15, -0.1) is 0 Å². The molecule has 0 aliphatic carbocycles. The van der Waals surface area contributed by atoms with Gasteiger partial charge in [0, 0.05) is 29.6 Å². The number of nitrogens with two attached hydrogens (primary N) is 1.